The molecule has 5 nitrogen and oxygen atoms in total. The Labute approximate surface area is 145 Å². The summed E-state index contributed by atoms with van der Waals surface area (Å²) in [7, 11) is 0. The number of hydrogen-bond acceptors (Lipinski definition) is 5. The molecule has 0 amide bonds. The zero-order valence-corrected chi connectivity index (χ0v) is 15.4. The molecule has 5 heteroatoms. The lowest BCUT2D eigenvalue weighted by Crippen LogP contribution is -2.38. The van der Waals surface area contributed by atoms with Crippen molar-refractivity contribution in [2.75, 3.05) is 11.9 Å². The van der Waals surface area contributed by atoms with Crippen LogP contribution in [0.15, 0.2) is 0 Å². The number of ether oxygens (including phenoxy) is 1. The molecule has 2 heterocycles. The Bertz CT molecular complexity index is 577. The van der Waals surface area contributed by atoms with Crippen molar-refractivity contribution in [3.63, 3.8) is 0 Å². The first-order valence-electron chi connectivity index (χ1n) is 9.34. The van der Waals surface area contributed by atoms with Gasteiger partial charge in [0.2, 0.25) is 0 Å². The molecule has 1 aliphatic heterocycles. The Morgan fingerprint density at radius 1 is 1.21 bits per heavy atom. The summed E-state index contributed by atoms with van der Waals surface area (Å²) in [5.74, 6) is 1.24. The quantitative estimate of drug-likeness (QED) is 0.822. The maximum atomic E-state index is 9.61. The minimum Gasteiger partial charge on any atom is -0.378 e. The average molecular weight is 330 g/mol. The molecule has 0 spiro atoms. The summed E-state index contributed by atoms with van der Waals surface area (Å²) in [5, 5.41) is 21.7. The molecule has 0 saturated carbocycles. The highest BCUT2D eigenvalue weighted by Gasteiger charge is 2.28. The number of aromatic nitrogens is 2. The summed E-state index contributed by atoms with van der Waals surface area (Å²) in [6, 6.07) is 2.63. The summed E-state index contributed by atoms with van der Waals surface area (Å²) < 4.78 is 5.99. The highest BCUT2D eigenvalue weighted by atomic mass is 16.5. The average Bonchev–Trinajstić information content (AvgIpc) is 2.62. The second-order valence-electron chi connectivity index (χ2n) is 6.52. The number of nitriles is 1. The molecule has 1 fully saturated rings. The van der Waals surface area contributed by atoms with Gasteiger partial charge in [-0.25, -0.2) is 0 Å². The van der Waals surface area contributed by atoms with Crippen LogP contribution >= 0.6 is 0 Å². The van der Waals surface area contributed by atoms with Crippen LogP contribution in [-0.4, -0.2) is 29.0 Å². The van der Waals surface area contributed by atoms with Crippen LogP contribution in [0, 0.1) is 17.2 Å². The largest absolute Gasteiger partial charge is 0.378 e. The molecule has 0 aromatic carbocycles. The van der Waals surface area contributed by atoms with Crippen molar-refractivity contribution in [1.29, 1.82) is 5.26 Å². The SMILES string of the molecule is CCc1nnc(NC2CCOC(C(CC)CC)C2)c(C#N)c1CC. The fraction of sp³-hybridized carbons (Fsp3) is 0.737. The Balaban J connectivity index is 2.17. The number of rotatable bonds is 7. The van der Waals surface area contributed by atoms with Gasteiger partial charge in [-0.3, -0.25) is 0 Å². The van der Waals surface area contributed by atoms with E-state index in [1.807, 2.05) is 0 Å². The molecule has 132 valence electrons. The molecule has 0 aliphatic carbocycles. The Morgan fingerprint density at radius 2 is 1.96 bits per heavy atom. The van der Waals surface area contributed by atoms with E-state index in [0.717, 1.165) is 56.4 Å². The number of nitrogens with one attached hydrogen (secondary N) is 1. The number of anilines is 1. The molecule has 24 heavy (non-hydrogen) atoms. The fourth-order valence-electron chi connectivity index (χ4n) is 3.69. The van der Waals surface area contributed by atoms with Gasteiger partial charge in [0.15, 0.2) is 5.82 Å². The number of nitrogens with zero attached hydrogens (tertiary/aromatic N) is 3. The molecule has 0 radical (unpaired) electrons. The van der Waals surface area contributed by atoms with E-state index >= 15 is 0 Å². The third-order valence-corrected chi connectivity index (χ3v) is 5.19. The molecular formula is C19H30N4O. The molecule has 1 saturated heterocycles. The van der Waals surface area contributed by atoms with E-state index < -0.39 is 0 Å². The molecule has 1 aromatic heterocycles. The van der Waals surface area contributed by atoms with E-state index in [2.05, 4.69) is 49.3 Å². The van der Waals surface area contributed by atoms with Crippen molar-refractivity contribution in [1.82, 2.24) is 10.2 Å². The molecule has 1 N–H and O–H groups in total. The van der Waals surface area contributed by atoms with Crippen molar-refractivity contribution in [2.45, 2.75) is 78.4 Å². The molecule has 0 bridgehead atoms. The Morgan fingerprint density at radius 3 is 2.54 bits per heavy atom. The summed E-state index contributed by atoms with van der Waals surface area (Å²) >= 11 is 0. The van der Waals surface area contributed by atoms with E-state index in [4.69, 9.17) is 4.74 Å². The molecule has 2 atom stereocenters. The highest BCUT2D eigenvalue weighted by molar-refractivity contribution is 5.57. The van der Waals surface area contributed by atoms with Crippen LogP contribution in [0.5, 0.6) is 0 Å². The van der Waals surface area contributed by atoms with Crippen LogP contribution in [0.4, 0.5) is 5.82 Å². The number of hydrogen-bond donors (Lipinski definition) is 1. The topological polar surface area (TPSA) is 70.8 Å². The second kappa shape index (κ2) is 8.98. The molecular weight excluding hydrogens is 300 g/mol. The fourth-order valence-corrected chi connectivity index (χ4v) is 3.69. The van der Waals surface area contributed by atoms with Crippen LogP contribution in [0.2, 0.25) is 0 Å². The van der Waals surface area contributed by atoms with Gasteiger partial charge in [0, 0.05) is 12.6 Å². The van der Waals surface area contributed by atoms with Gasteiger partial charge < -0.3 is 10.1 Å². The van der Waals surface area contributed by atoms with Gasteiger partial charge in [0.25, 0.3) is 0 Å². The van der Waals surface area contributed by atoms with Gasteiger partial charge in [-0.15, -0.1) is 5.10 Å². The zero-order valence-electron chi connectivity index (χ0n) is 15.4. The van der Waals surface area contributed by atoms with E-state index in [1.165, 1.54) is 0 Å². The minimum absolute atomic E-state index is 0.294. The van der Waals surface area contributed by atoms with Gasteiger partial charge in [0.1, 0.15) is 11.6 Å². The predicted molar refractivity (Wildman–Crippen MR) is 96.0 cm³/mol. The van der Waals surface area contributed by atoms with Crippen molar-refractivity contribution in [3.05, 3.63) is 16.8 Å². The summed E-state index contributed by atoms with van der Waals surface area (Å²) in [4.78, 5) is 0. The van der Waals surface area contributed by atoms with Crippen LogP contribution < -0.4 is 5.32 Å². The standard InChI is InChI=1S/C19H30N4O/c1-5-13(6-2)18-11-14(9-10-24-18)21-19-16(12-20)15(7-3)17(8-4)22-23-19/h13-14,18H,5-11H2,1-4H3,(H,21,23). The first-order valence-corrected chi connectivity index (χ1v) is 9.34. The summed E-state index contributed by atoms with van der Waals surface area (Å²) in [6.07, 6.45) is 6.10. The zero-order chi connectivity index (χ0) is 17.5. The maximum absolute atomic E-state index is 9.61. The van der Waals surface area contributed by atoms with Gasteiger partial charge in [-0.2, -0.15) is 10.4 Å². The predicted octanol–water partition coefficient (Wildman–Crippen LogP) is 3.87. The summed E-state index contributed by atoms with van der Waals surface area (Å²) in [5.41, 5.74) is 2.62. The summed E-state index contributed by atoms with van der Waals surface area (Å²) in [6.45, 7) is 9.34. The lowest BCUT2D eigenvalue weighted by molar-refractivity contribution is -0.0271. The maximum Gasteiger partial charge on any atom is 0.167 e. The second-order valence-corrected chi connectivity index (χ2v) is 6.52. The third-order valence-electron chi connectivity index (χ3n) is 5.19. The highest BCUT2D eigenvalue weighted by Crippen LogP contribution is 2.28. The molecule has 1 aromatic rings. The lowest BCUT2D eigenvalue weighted by atomic mass is 9.89. The van der Waals surface area contributed by atoms with Crippen molar-refractivity contribution in [3.8, 4) is 6.07 Å². The Kier molecular flexibility index (Phi) is 6.99. The molecule has 1 aliphatic rings. The Hall–Kier alpha value is -1.67. The van der Waals surface area contributed by atoms with E-state index in [9.17, 15) is 5.26 Å². The number of aryl methyl sites for hydroxylation is 1. The lowest BCUT2D eigenvalue weighted by Gasteiger charge is -2.34. The van der Waals surface area contributed by atoms with Gasteiger partial charge in [-0.1, -0.05) is 40.5 Å². The van der Waals surface area contributed by atoms with Gasteiger partial charge in [-0.05, 0) is 37.2 Å². The van der Waals surface area contributed by atoms with E-state index in [0.29, 0.717) is 29.4 Å². The van der Waals surface area contributed by atoms with Gasteiger partial charge >= 0.3 is 0 Å². The molecule has 2 rings (SSSR count). The van der Waals surface area contributed by atoms with Crippen LogP contribution in [0.1, 0.15) is 70.2 Å². The molecule has 2 unspecified atom stereocenters. The normalized spacial score (nSPS) is 20.8. The third kappa shape index (κ3) is 4.05. The van der Waals surface area contributed by atoms with Crippen LogP contribution in [-0.2, 0) is 17.6 Å². The van der Waals surface area contributed by atoms with E-state index in [-0.39, 0.29) is 0 Å². The van der Waals surface area contributed by atoms with Crippen LogP contribution in [0.25, 0.3) is 0 Å². The first-order chi connectivity index (χ1) is 11.7. The van der Waals surface area contributed by atoms with Crippen molar-refractivity contribution < 1.29 is 4.74 Å². The van der Waals surface area contributed by atoms with Crippen molar-refractivity contribution in [2.24, 2.45) is 5.92 Å². The smallest absolute Gasteiger partial charge is 0.167 e. The monoisotopic (exact) mass is 330 g/mol. The van der Waals surface area contributed by atoms with Crippen LogP contribution in [0.3, 0.4) is 0 Å². The van der Waals surface area contributed by atoms with E-state index in [1.54, 1.807) is 0 Å². The van der Waals surface area contributed by atoms with Gasteiger partial charge in [0.05, 0.1) is 11.8 Å². The first kappa shape index (κ1) is 18.7. The van der Waals surface area contributed by atoms with Crippen molar-refractivity contribution >= 4 is 5.82 Å². The minimum atomic E-state index is 0.294.